The van der Waals surface area contributed by atoms with Crippen LogP contribution >= 0.6 is 0 Å². The van der Waals surface area contributed by atoms with Crippen molar-refractivity contribution in [3.8, 4) is 0 Å². The third-order valence-electron chi connectivity index (χ3n) is 4.79. The number of nitrogens with one attached hydrogen (secondary N) is 1. The number of unbranched alkanes of at least 4 members (excludes halogenated alkanes) is 1. The van der Waals surface area contributed by atoms with Crippen molar-refractivity contribution >= 4 is 16.2 Å². The monoisotopic (exact) mass is 419 g/mol. The fourth-order valence-corrected chi connectivity index (χ4v) is 4.28. The summed E-state index contributed by atoms with van der Waals surface area (Å²) >= 11 is 0. The Hall–Kier alpha value is -1.00. The topological polar surface area (TPSA) is 88.2 Å². The summed E-state index contributed by atoms with van der Waals surface area (Å²) in [7, 11) is -0.244. The smallest absolute Gasteiger partial charge is 0.321 e. The van der Waals surface area contributed by atoms with Crippen LogP contribution in [0.25, 0.3) is 0 Å². The van der Waals surface area contributed by atoms with Crippen molar-refractivity contribution in [1.29, 1.82) is 0 Å². The molecule has 1 rings (SSSR count). The van der Waals surface area contributed by atoms with Crippen molar-refractivity contribution < 1.29 is 22.7 Å². The average Bonchev–Trinajstić information content (AvgIpc) is 2.63. The lowest BCUT2D eigenvalue weighted by Crippen LogP contribution is -2.47. The van der Waals surface area contributed by atoms with Crippen LogP contribution in [0.4, 0.5) is 0 Å². The number of nitrogens with zero attached hydrogens (tertiary/aromatic N) is 2. The number of carbonyl (C=O) groups is 1. The molecule has 0 aromatic rings. The lowest BCUT2D eigenvalue weighted by Gasteiger charge is -2.30. The van der Waals surface area contributed by atoms with Gasteiger partial charge in [0.1, 0.15) is 6.54 Å². The van der Waals surface area contributed by atoms with E-state index in [1.165, 1.54) is 7.05 Å². The molecule has 1 saturated carbocycles. The van der Waals surface area contributed by atoms with Gasteiger partial charge in [-0.3, -0.25) is 4.79 Å². The van der Waals surface area contributed by atoms with E-state index in [-0.39, 0.29) is 25.3 Å². The SMILES string of the molecule is C=CCN(C)CCCCOC1CCC(NS(=O)(=O)N(C)CC(=O)OCC)CC1. The average molecular weight is 420 g/mol. The van der Waals surface area contributed by atoms with Crippen LogP contribution in [0.15, 0.2) is 12.7 Å². The minimum atomic E-state index is -3.70. The van der Waals surface area contributed by atoms with Crippen molar-refractivity contribution in [3.63, 3.8) is 0 Å². The number of esters is 1. The number of likely N-dealkylation sites (N-methyl/N-ethyl adjacent to an activating group) is 2. The lowest BCUT2D eigenvalue weighted by atomic mass is 9.94. The van der Waals surface area contributed by atoms with Gasteiger partial charge in [-0.2, -0.15) is 17.4 Å². The molecule has 1 fully saturated rings. The van der Waals surface area contributed by atoms with Gasteiger partial charge in [0.2, 0.25) is 0 Å². The summed E-state index contributed by atoms with van der Waals surface area (Å²) in [6.07, 6.45) is 7.36. The number of hydrogen-bond donors (Lipinski definition) is 1. The summed E-state index contributed by atoms with van der Waals surface area (Å²) in [5.74, 6) is -0.553. The van der Waals surface area contributed by atoms with Crippen LogP contribution in [-0.2, 0) is 24.5 Å². The molecular formula is C19H37N3O5S. The van der Waals surface area contributed by atoms with Crippen molar-refractivity contribution in [1.82, 2.24) is 13.9 Å². The Balaban J connectivity index is 2.23. The zero-order valence-electron chi connectivity index (χ0n) is 17.6. The van der Waals surface area contributed by atoms with E-state index in [9.17, 15) is 13.2 Å². The molecule has 0 bridgehead atoms. The molecule has 0 aromatic carbocycles. The predicted molar refractivity (Wildman–Crippen MR) is 110 cm³/mol. The predicted octanol–water partition coefficient (Wildman–Crippen LogP) is 1.54. The molecule has 1 aliphatic carbocycles. The minimum Gasteiger partial charge on any atom is -0.465 e. The van der Waals surface area contributed by atoms with Crippen molar-refractivity contribution in [2.75, 3.05) is 46.9 Å². The molecule has 0 spiro atoms. The second-order valence-electron chi connectivity index (χ2n) is 7.29. The molecule has 0 aromatic heterocycles. The fourth-order valence-electron chi connectivity index (χ4n) is 3.17. The molecule has 0 amide bonds. The second kappa shape index (κ2) is 13.3. The van der Waals surface area contributed by atoms with Gasteiger partial charge in [-0.05, 0) is 59.0 Å². The Morgan fingerprint density at radius 3 is 2.50 bits per heavy atom. The van der Waals surface area contributed by atoms with Gasteiger partial charge in [-0.25, -0.2) is 0 Å². The first kappa shape index (κ1) is 25.0. The molecule has 164 valence electrons. The number of hydrogen-bond acceptors (Lipinski definition) is 6. The quantitative estimate of drug-likeness (QED) is 0.261. The maximum absolute atomic E-state index is 12.3. The lowest BCUT2D eigenvalue weighted by molar-refractivity contribution is -0.143. The number of ether oxygens (including phenoxy) is 2. The zero-order chi connectivity index (χ0) is 21.0. The first-order valence-corrected chi connectivity index (χ1v) is 11.5. The van der Waals surface area contributed by atoms with Crippen LogP contribution in [0, 0.1) is 0 Å². The normalized spacial score (nSPS) is 20.5. The van der Waals surface area contributed by atoms with Gasteiger partial charge in [0.05, 0.1) is 12.7 Å². The Bertz CT molecular complexity index is 562. The van der Waals surface area contributed by atoms with Gasteiger partial charge in [-0.15, -0.1) is 6.58 Å². The maximum Gasteiger partial charge on any atom is 0.321 e. The third-order valence-corrected chi connectivity index (χ3v) is 6.37. The summed E-state index contributed by atoms with van der Waals surface area (Å²) < 4.78 is 39.1. The van der Waals surface area contributed by atoms with Gasteiger partial charge in [-0.1, -0.05) is 6.08 Å². The van der Waals surface area contributed by atoms with E-state index in [1.807, 2.05) is 6.08 Å². The van der Waals surface area contributed by atoms with Crippen molar-refractivity contribution in [3.05, 3.63) is 12.7 Å². The number of carbonyl (C=O) groups excluding carboxylic acids is 1. The van der Waals surface area contributed by atoms with Crippen LogP contribution in [-0.4, -0.2) is 82.7 Å². The molecule has 1 N–H and O–H groups in total. The summed E-state index contributed by atoms with van der Waals surface area (Å²) in [4.78, 5) is 13.7. The van der Waals surface area contributed by atoms with Crippen LogP contribution in [0.2, 0.25) is 0 Å². The standard InChI is InChI=1S/C19H37N3O5S/c1-5-13-21(3)14-7-8-15-27-18-11-9-17(10-12-18)20-28(24,25)22(4)16-19(23)26-6-2/h5,17-18,20H,1,6-16H2,2-4H3. The Kier molecular flexibility index (Phi) is 11.9. The molecule has 9 heteroatoms. The van der Waals surface area contributed by atoms with Gasteiger partial charge in [0.15, 0.2) is 0 Å². The highest BCUT2D eigenvalue weighted by Gasteiger charge is 2.28. The largest absolute Gasteiger partial charge is 0.465 e. The third kappa shape index (κ3) is 9.97. The highest BCUT2D eigenvalue weighted by molar-refractivity contribution is 7.87. The molecular weight excluding hydrogens is 382 g/mol. The maximum atomic E-state index is 12.3. The van der Waals surface area contributed by atoms with Crippen LogP contribution in [0.1, 0.15) is 45.4 Å². The molecule has 28 heavy (non-hydrogen) atoms. The molecule has 1 aliphatic rings. The number of rotatable bonds is 14. The Morgan fingerprint density at radius 2 is 1.89 bits per heavy atom. The van der Waals surface area contributed by atoms with E-state index in [4.69, 9.17) is 9.47 Å². The summed E-state index contributed by atoms with van der Waals surface area (Å²) in [6, 6.07) is -0.123. The van der Waals surface area contributed by atoms with Crippen LogP contribution in [0.3, 0.4) is 0 Å². The van der Waals surface area contributed by atoms with E-state index >= 15 is 0 Å². The summed E-state index contributed by atoms with van der Waals surface area (Å²) in [5, 5.41) is 0. The van der Waals surface area contributed by atoms with E-state index < -0.39 is 16.2 Å². The molecule has 0 saturated heterocycles. The van der Waals surface area contributed by atoms with Gasteiger partial charge < -0.3 is 14.4 Å². The van der Waals surface area contributed by atoms with Gasteiger partial charge >= 0.3 is 5.97 Å². The molecule has 8 nitrogen and oxygen atoms in total. The van der Waals surface area contributed by atoms with E-state index in [1.54, 1.807) is 6.92 Å². The minimum absolute atomic E-state index is 0.123. The fraction of sp³-hybridized carbons (Fsp3) is 0.842. The van der Waals surface area contributed by atoms with E-state index in [2.05, 4.69) is 23.2 Å². The van der Waals surface area contributed by atoms with E-state index in [0.717, 1.165) is 62.5 Å². The zero-order valence-corrected chi connectivity index (χ0v) is 18.4. The molecule has 0 aliphatic heterocycles. The highest BCUT2D eigenvalue weighted by atomic mass is 32.2. The van der Waals surface area contributed by atoms with Crippen molar-refractivity contribution in [2.45, 2.75) is 57.6 Å². The Morgan fingerprint density at radius 1 is 1.21 bits per heavy atom. The Labute approximate surface area is 170 Å². The second-order valence-corrected chi connectivity index (χ2v) is 9.10. The summed E-state index contributed by atoms with van der Waals surface area (Å²) in [6.45, 7) is 8.03. The molecule has 0 unspecified atom stereocenters. The van der Waals surface area contributed by atoms with Gasteiger partial charge in [0, 0.05) is 26.2 Å². The molecule has 0 radical (unpaired) electrons. The highest BCUT2D eigenvalue weighted by Crippen LogP contribution is 2.22. The van der Waals surface area contributed by atoms with Crippen LogP contribution < -0.4 is 4.72 Å². The molecule has 0 atom stereocenters. The summed E-state index contributed by atoms with van der Waals surface area (Å²) in [5.41, 5.74) is 0. The first-order chi connectivity index (χ1) is 13.3. The van der Waals surface area contributed by atoms with E-state index in [0.29, 0.717) is 0 Å². The molecule has 0 heterocycles. The van der Waals surface area contributed by atoms with Crippen LogP contribution in [0.5, 0.6) is 0 Å². The first-order valence-electron chi connectivity index (χ1n) is 10.1. The van der Waals surface area contributed by atoms with Gasteiger partial charge in [0.25, 0.3) is 10.2 Å². The van der Waals surface area contributed by atoms with Crippen molar-refractivity contribution in [2.24, 2.45) is 0 Å².